The summed E-state index contributed by atoms with van der Waals surface area (Å²) in [7, 11) is 0. The maximum Gasteiger partial charge on any atom is 0.318 e. The molecule has 6 heteroatoms. The van der Waals surface area contributed by atoms with Crippen LogP contribution < -0.4 is 16.0 Å². The van der Waals surface area contributed by atoms with Crippen LogP contribution in [0.15, 0.2) is 34.9 Å². The number of benzene rings is 1. The van der Waals surface area contributed by atoms with Gasteiger partial charge in [-0.3, -0.25) is 4.79 Å². The second kappa shape index (κ2) is 9.16. The van der Waals surface area contributed by atoms with E-state index in [9.17, 15) is 9.59 Å². The van der Waals surface area contributed by atoms with Crippen molar-refractivity contribution in [1.29, 1.82) is 0 Å². The second-order valence-electron chi connectivity index (χ2n) is 3.71. The van der Waals surface area contributed by atoms with Gasteiger partial charge >= 0.3 is 6.03 Å². The zero-order valence-corrected chi connectivity index (χ0v) is 11.9. The Morgan fingerprint density at radius 3 is 2.89 bits per heavy atom. The Morgan fingerprint density at radius 2 is 2.16 bits per heavy atom. The van der Waals surface area contributed by atoms with Crippen molar-refractivity contribution in [2.24, 2.45) is 0 Å². The van der Waals surface area contributed by atoms with Gasteiger partial charge in [0.2, 0.25) is 6.41 Å². The smallest absolute Gasteiger partial charge is 0.318 e. The standard InChI is InChI=1S/C13H16BrN3O2/c14-12-4-1-3-11(9-12)5-8-17-13(19)16-7-2-6-15-10-18/h1,3-5,8-10H,2,6-7H2,(H,15,18)(H2,16,17,19)/b8-5+. The largest absolute Gasteiger partial charge is 0.359 e. The normalized spacial score (nSPS) is 10.2. The van der Waals surface area contributed by atoms with Gasteiger partial charge in [-0.15, -0.1) is 0 Å². The summed E-state index contributed by atoms with van der Waals surface area (Å²) < 4.78 is 0.988. The molecule has 5 nitrogen and oxygen atoms in total. The van der Waals surface area contributed by atoms with E-state index in [4.69, 9.17) is 0 Å². The van der Waals surface area contributed by atoms with Gasteiger partial charge in [-0.2, -0.15) is 0 Å². The summed E-state index contributed by atoms with van der Waals surface area (Å²) in [5.74, 6) is 0. The highest BCUT2D eigenvalue weighted by molar-refractivity contribution is 9.10. The predicted molar refractivity (Wildman–Crippen MR) is 78.4 cm³/mol. The molecule has 0 aliphatic carbocycles. The van der Waals surface area contributed by atoms with Gasteiger partial charge in [0.25, 0.3) is 0 Å². The minimum absolute atomic E-state index is 0.266. The highest BCUT2D eigenvalue weighted by Gasteiger charge is 1.95. The van der Waals surface area contributed by atoms with E-state index in [1.807, 2.05) is 24.3 Å². The van der Waals surface area contributed by atoms with Gasteiger partial charge in [0.05, 0.1) is 0 Å². The minimum atomic E-state index is -0.266. The minimum Gasteiger partial charge on any atom is -0.359 e. The maximum absolute atomic E-state index is 11.4. The highest BCUT2D eigenvalue weighted by Crippen LogP contribution is 2.12. The van der Waals surface area contributed by atoms with E-state index in [0.29, 0.717) is 25.9 Å². The van der Waals surface area contributed by atoms with Gasteiger partial charge < -0.3 is 16.0 Å². The van der Waals surface area contributed by atoms with E-state index in [-0.39, 0.29) is 6.03 Å². The van der Waals surface area contributed by atoms with E-state index < -0.39 is 0 Å². The third kappa shape index (κ3) is 7.25. The molecule has 0 heterocycles. The van der Waals surface area contributed by atoms with Crippen molar-refractivity contribution in [1.82, 2.24) is 16.0 Å². The van der Waals surface area contributed by atoms with E-state index >= 15 is 0 Å². The van der Waals surface area contributed by atoms with Gasteiger partial charge in [0.1, 0.15) is 0 Å². The van der Waals surface area contributed by atoms with E-state index in [1.165, 1.54) is 0 Å². The van der Waals surface area contributed by atoms with Crippen molar-refractivity contribution in [2.75, 3.05) is 13.1 Å². The molecule has 102 valence electrons. The molecular formula is C13H16BrN3O2. The van der Waals surface area contributed by atoms with Crippen LogP contribution in [-0.4, -0.2) is 25.5 Å². The van der Waals surface area contributed by atoms with Crippen molar-refractivity contribution in [3.05, 3.63) is 40.5 Å². The van der Waals surface area contributed by atoms with Crippen LogP contribution in [0.5, 0.6) is 0 Å². The van der Waals surface area contributed by atoms with Crippen molar-refractivity contribution >= 4 is 34.4 Å². The Hall–Kier alpha value is -1.82. The molecule has 0 aliphatic heterocycles. The molecule has 0 aromatic heterocycles. The highest BCUT2D eigenvalue weighted by atomic mass is 79.9. The lowest BCUT2D eigenvalue weighted by atomic mass is 10.2. The van der Waals surface area contributed by atoms with Crippen molar-refractivity contribution in [3.8, 4) is 0 Å². The molecule has 0 saturated heterocycles. The number of amides is 3. The molecule has 0 radical (unpaired) electrons. The molecule has 0 aliphatic rings. The second-order valence-corrected chi connectivity index (χ2v) is 4.63. The molecule has 0 saturated carbocycles. The quantitative estimate of drug-likeness (QED) is 0.529. The first-order chi connectivity index (χ1) is 9.22. The average Bonchev–Trinajstić information content (AvgIpc) is 2.38. The first-order valence-corrected chi connectivity index (χ1v) is 6.65. The van der Waals surface area contributed by atoms with E-state index in [2.05, 4.69) is 31.9 Å². The van der Waals surface area contributed by atoms with Crippen LogP contribution in [0.4, 0.5) is 4.79 Å². The van der Waals surface area contributed by atoms with Crippen LogP contribution in [0.25, 0.3) is 6.08 Å². The summed E-state index contributed by atoms with van der Waals surface area (Å²) in [4.78, 5) is 21.3. The fraction of sp³-hybridized carbons (Fsp3) is 0.231. The maximum atomic E-state index is 11.4. The van der Waals surface area contributed by atoms with Crippen molar-refractivity contribution < 1.29 is 9.59 Å². The summed E-state index contributed by atoms with van der Waals surface area (Å²) in [5.41, 5.74) is 0.991. The Kier molecular flexibility index (Phi) is 7.34. The lowest BCUT2D eigenvalue weighted by Gasteiger charge is -2.03. The van der Waals surface area contributed by atoms with Gasteiger partial charge in [0.15, 0.2) is 0 Å². The fourth-order valence-corrected chi connectivity index (χ4v) is 1.74. The van der Waals surface area contributed by atoms with Crippen LogP contribution in [0.2, 0.25) is 0 Å². The number of halogens is 1. The first kappa shape index (κ1) is 15.2. The van der Waals surface area contributed by atoms with Crippen LogP contribution >= 0.6 is 15.9 Å². The Balaban J connectivity index is 2.20. The summed E-state index contributed by atoms with van der Waals surface area (Å²) >= 11 is 3.37. The number of hydrogen-bond acceptors (Lipinski definition) is 2. The zero-order chi connectivity index (χ0) is 13.9. The van der Waals surface area contributed by atoms with Crippen LogP contribution in [0.3, 0.4) is 0 Å². The number of rotatable bonds is 7. The van der Waals surface area contributed by atoms with Crippen molar-refractivity contribution in [3.63, 3.8) is 0 Å². The molecule has 19 heavy (non-hydrogen) atoms. The molecule has 0 bridgehead atoms. The summed E-state index contributed by atoms with van der Waals surface area (Å²) in [6.45, 7) is 1.06. The van der Waals surface area contributed by atoms with Crippen LogP contribution in [0, 0.1) is 0 Å². The molecule has 0 atom stereocenters. The predicted octanol–water partition coefficient (Wildman–Crippen LogP) is 1.86. The first-order valence-electron chi connectivity index (χ1n) is 5.86. The number of carbonyl (C=O) groups is 2. The van der Waals surface area contributed by atoms with E-state index in [1.54, 1.807) is 12.3 Å². The molecule has 1 rings (SSSR count). The third-order valence-corrected chi connectivity index (χ3v) is 2.70. The van der Waals surface area contributed by atoms with Crippen molar-refractivity contribution in [2.45, 2.75) is 6.42 Å². The topological polar surface area (TPSA) is 70.2 Å². The molecule has 3 N–H and O–H groups in total. The summed E-state index contributed by atoms with van der Waals surface area (Å²) in [6, 6.07) is 7.47. The van der Waals surface area contributed by atoms with Gasteiger partial charge in [-0.25, -0.2) is 4.79 Å². The molecule has 0 fully saturated rings. The molecule has 3 amide bonds. The van der Waals surface area contributed by atoms with Gasteiger partial charge in [0, 0.05) is 23.8 Å². The Labute approximate surface area is 120 Å². The van der Waals surface area contributed by atoms with E-state index in [0.717, 1.165) is 10.0 Å². The summed E-state index contributed by atoms with van der Waals surface area (Å²) in [5, 5.41) is 7.80. The van der Waals surface area contributed by atoms with Crippen LogP contribution in [0.1, 0.15) is 12.0 Å². The molecule has 0 unspecified atom stereocenters. The Morgan fingerprint density at radius 1 is 1.32 bits per heavy atom. The number of nitrogens with one attached hydrogen (secondary N) is 3. The molecule has 1 aromatic rings. The monoisotopic (exact) mass is 325 g/mol. The molecule has 1 aromatic carbocycles. The Bertz CT molecular complexity index is 449. The van der Waals surface area contributed by atoms with Gasteiger partial charge in [-0.1, -0.05) is 28.1 Å². The summed E-state index contributed by atoms with van der Waals surface area (Å²) in [6.07, 6.45) is 4.72. The SMILES string of the molecule is O=CNCCCNC(=O)N/C=C/c1cccc(Br)c1. The number of urea groups is 1. The van der Waals surface area contributed by atoms with Gasteiger partial charge in [-0.05, 0) is 30.2 Å². The lowest BCUT2D eigenvalue weighted by molar-refractivity contribution is -0.109. The molecule has 0 spiro atoms. The number of carbonyl (C=O) groups excluding carboxylic acids is 2. The molecular weight excluding hydrogens is 310 g/mol. The third-order valence-electron chi connectivity index (χ3n) is 2.21. The van der Waals surface area contributed by atoms with Crippen LogP contribution in [-0.2, 0) is 4.79 Å². The zero-order valence-electron chi connectivity index (χ0n) is 10.4. The fourth-order valence-electron chi connectivity index (χ4n) is 1.33. The number of hydrogen-bond donors (Lipinski definition) is 3. The lowest BCUT2D eigenvalue weighted by Crippen LogP contribution is -2.33. The average molecular weight is 326 g/mol.